The molecule has 0 atom stereocenters. The second-order valence-corrected chi connectivity index (χ2v) is 5.57. The molecular weight excluding hydrogens is 330 g/mol. The first-order valence-corrected chi connectivity index (χ1v) is 7.98. The van der Waals surface area contributed by atoms with Gasteiger partial charge in [-0.1, -0.05) is 17.3 Å². The van der Waals surface area contributed by atoms with E-state index in [2.05, 4.69) is 20.1 Å². The van der Waals surface area contributed by atoms with E-state index in [0.717, 1.165) is 16.8 Å². The van der Waals surface area contributed by atoms with Crippen LogP contribution in [-0.2, 0) is 6.42 Å². The van der Waals surface area contributed by atoms with Crippen molar-refractivity contribution in [3.8, 4) is 23.1 Å². The van der Waals surface area contributed by atoms with Gasteiger partial charge in [-0.05, 0) is 35.9 Å². The highest BCUT2D eigenvalue weighted by Crippen LogP contribution is 2.25. The van der Waals surface area contributed by atoms with Crippen molar-refractivity contribution in [2.24, 2.45) is 0 Å². The third-order valence-corrected chi connectivity index (χ3v) is 3.72. The van der Waals surface area contributed by atoms with Gasteiger partial charge in [-0.2, -0.15) is 0 Å². The van der Waals surface area contributed by atoms with Crippen LogP contribution in [0.3, 0.4) is 0 Å². The van der Waals surface area contributed by atoms with Gasteiger partial charge in [0.25, 0.3) is 0 Å². The van der Waals surface area contributed by atoms with E-state index in [9.17, 15) is 0 Å². The highest BCUT2D eigenvalue weighted by molar-refractivity contribution is 5.69. The van der Waals surface area contributed by atoms with Gasteiger partial charge in [0.05, 0.1) is 11.3 Å². The van der Waals surface area contributed by atoms with E-state index in [0.29, 0.717) is 29.8 Å². The van der Waals surface area contributed by atoms with Crippen molar-refractivity contribution in [1.82, 2.24) is 20.1 Å². The Bertz CT molecular complexity index is 1000. The molecule has 4 aromatic rings. The predicted octanol–water partition coefficient (Wildman–Crippen LogP) is 3.49. The van der Waals surface area contributed by atoms with Crippen molar-refractivity contribution < 1.29 is 9.26 Å². The zero-order chi connectivity index (χ0) is 17.8. The number of hydrogen-bond acceptors (Lipinski definition) is 7. The molecule has 2 N–H and O–H groups in total. The van der Waals surface area contributed by atoms with Crippen molar-refractivity contribution in [3.63, 3.8) is 0 Å². The van der Waals surface area contributed by atoms with Gasteiger partial charge in [0.15, 0.2) is 5.76 Å². The summed E-state index contributed by atoms with van der Waals surface area (Å²) in [6.45, 7) is 0. The minimum Gasteiger partial charge on any atom is -0.424 e. The molecule has 7 nitrogen and oxygen atoms in total. The Labute approximate surface area is 149 Å². The number of hydrogen-bond donors (Lipinski definition) is 1. The van der Waals surface area contributed by atoms with Gasteiger partial charge in [-0.15, -0.1) is 0 Å². The molecule has 0 radical (unpaired) electrons. The van der Waals surface area contributed by atoms with Gasteiger partial charge < -0.3 is 15.0 Å². The molecule has 0 bridgehead atoms. The number of nitrogens with zero attached hydrogens (tertiary/aromatic N) is 4. The molecule has 0 saturated carbocycles. The lowest BCUT2D eigenvalue weighted by Crippen LogP contribution is -1.92. The highest BCUT2D eigenvalue weighted by atomic mass is 16.5. The fraction of sp³-hybridized carbons (Fsp3) is 0.0526. The molecule has 0 amide bonds. The van der Waals surface area contributed by atoms with Crippen LogP contribution < -0.4 is 10.5 Å². The normalized spacial score (nSPS) is 10.6. The molecule has 0 aliphatic carbocycles. The second-order valence-electron chi connectivity index (χ2n) is 5.57. The topological polar surface area (TPSA) is 100.0 Å². The van der Waals surface area contributed by atoms with E-state index in [-0.39, 0.29) is 0 Å². The molecular formula is C19H15N5O2. The molecule has 26 heavy (non-hydrogen) atoms. The molecule has 1 aromatic carbocycles. The average Bonchev–Trinajstić information content (AvgIpc) is 3.13. The summed E-state index contributed by atoms with van der Waals surface area (Å²) < 4.78 is 11.0. The molecule has 3 heterocycles. The number of pyridine rings is 1. The van der Waals surface area contributed by atoms with Gasteiger partial charge in [-0.3, -0.25) is 0 Å². The summed E-state index contributed by atoms with van der Waals surface area (Å²) in [6, 6.07) is 15.2. The third kappa shape index (κ3) is 3.51. The van der Waals surface area contributed by atoms with Crippen LogP contribution in [0.5, 0.6) is 11.8 Å². The predicted molar refractivity (Wildman–Crippen MR) is 95.5 cm³/mol. The lowest BCUT2D eigenvalue weighted by molar-refractivity contribution is 0.425. The maximum absolute atomic E-state index is 5.87. The zero-order valence-corrected chi connectivity index (χ0v) is 13.7. The van der Waals surface area contributed by atoms with Crippen molar-refractivity contribution in [3.05, 3.63) is 78.4 Å². The summed E-state index contributed by atoms with van der Waals surface area (Å²) in [6.07, 6.45) is 5.54. The van der Waals surface area contributed by atoms with Crippen molar-refractivity contribution in [1.29, 1.82) is 0 Å². The maximum Gasteiger partial charge on any atom is 0.321 e. The van der Waals surface area contributed by atoms with E-state index < -0.39 is 0 Å². The number of ether oxygens (including phenoxy) is 1. The Balaban J connectivity index is 1.46. The quantitative estimate of drug-likeness (QED) is 0.591. The smallest absolute Gasteiger partial charge is 0.321 e. The van der Waals surface area contributed by atoms with Crippen LogP contribution in [0.25, 0.3) is 11.3 Å². The van der Waals surface area contributed by atoms with Crippen molar-refractivity contribution in [2.75, 3.05) is 5.73 Å². The molecule has 0 fully saturated rings. The van der Waals surface area contributed by atoms with Crippen molar-refractivity contribution in [2.45, 2.75) is 6.42 Å². The number of nitrogen functional groups attached to an aromatic ring is 1. The van der Waals surface area contributed by atoms with Crippen LogP contribution in [0, 0.1) is 0 Å². The molecule has 0 unspecified atom stereocenters. The maximum atomic E-state index is 5.87. The Kier molecular flexibility index (Phi) is 4.26. The molecule has 3 aromatic heterocycles. The Morgan fingerprint density at radius 2 is 1.69 bits per heavy atom. The average molecular weight is 345 g/mol. The van der Waals surface area contributed by atoms with Gasteiger partial charge in [0.2, 0.25) is 0 Å². The molecule has 0 spiro atoms. The first-order chi connectivity index (χ1) is 12.8. The molecule has 0 saturated heterocycles. The first kappa shape index (κ1) is 15.8. The standard InChI is InChI=1S/C19H15N5O2/c20-18-16(3-1-8-21-18)17-12-14(24-26-17)11-13-4-6-15(7-5-13)25-19-22-9-2-10-23-19/h1-10,12H,11H2,(H2,20,21). The zero-order valence-electron chi connectivity index (χ0n) is 13.7. The summed E-state index contributed by atoms with van der Waals surface area (Å²) in [7, 11) is 0. The molecule has 7 heteroatoms. The number of anilines is 1. The van der Waals surface area contributed by atoms with E-state index in [1.807, 2.05) is 42.5 Å². The SMILES string of the molecule is Nc1ncccc1-c1cc(Cc2ccc(Oc3ncccn3)cc2)no1. The molecule has 0 aliphatic heterocycles. The highest BCUT2D eigenvalue weighted by Gasteiger charge is 2.11. The largest absolute Gasteiger partial charge is 0.424 e. The minimum absolute atomic E-state index is 0.315. The van der Waals surface area contributed by atoms with E-state index in [1.54, 1.807) is 24.7 Å². The monoisotopic (exact) mass is 345 g/mol. The van der Waals surface area contributed by atoms with Crippen LogP contribution in [-0.4, -0.2) is 20.1 Å². The summed E-state index contributed by atoms with van der Waals surface area (Å²) in [4.78, 5) is 12.1. The number of nitrogens with two attached hydrogens (primary N) is 1. The van der Waals surface area contributed by atoms with Crippen LogP contribution in [0.2, 0.25) is 0 Å². The Morgan fingerprint density at radius 3 is 2.46 bits per heavy atom. The second kappa shape index (κ2) is 7.02. The molecule has 128 valence electrons. The first-order valence-electron chi connectivity index (χ1n) is 7.98. The summed E-state index contributed by atoms with van der Waals surface area (Å²) >= 11 is 0. The lowest BCUT2D eigenvalue weighted by atomic mass is 10.1. The summed E-state index contributed by atoms with van der Waals surface area (Å²) in [5.41, 5.74) is 8.49. The van der Waals surface area contributed by atoms with E-state index >= 15 is 0 Å². The van der Waals surface area contributed by atoms with E-state index in [4.69, 9.17) is 15.0 Å². The number of rotatable bonds is 5. The fourth-order valence-corrected chi connectivity index (χ4v) is 2.48. The van der Waals surface area contributed by atoms with E-state index in [1.165, 1.54) is 0 Å². The van der Waals surface area contributed by atoms with Gasteiger partial charge in [-0.25, -0.2) is 15.0 Å². The lowest BCUT2D eigenvalue weighted by Gasteiger charge is -2.04. The fourth-order valence-electron chi connectivity index (χ4n) is 2.48. The molecule has 4 rings (SSSR count). The third-order valence-electron chi connectivity index (χ3n) is 3.72. The van der Waals surface area contributed by atoms with Crippen LogP contribution >= 0.6 is 0 Å². The van der Waals surface area contributed by atoms with Gasteiger partial charge >= 0.3 is 6.01 Å². The van der Waals surface area contributed by atoms with Crippen LogP contribution in [0.1, 0.15) is 11.3 Å². The Morgan fingerprint density at radius 1 is 0.923 bits per heavy atom. The van der Waals surface area contributed by atoms with Crippen LogP contribution in [0.15, 0.2) is 71.6 Å². The van der Waals surface area contributed by atoms with Crippen LogP contribution in [0.4, 0.5) is 5.82 Å². The van der Waals surface area contributed by atoms with Crippen molar-refractivity contribution >= 4 is 5.82 Å². The summed E-state index contributed by atoms with van der Waals surface area (Å²) in [5.74, 6) is 1.69. The Hall–Kier alpha value is -3.74. The minimum atomic E-state index is 0.315. The number of benzene rings is 1. The summed E-state index contributed by atoms with van der Waals surface area (Å²) in [5, 5.41) is 4.11. The molecule has 0 aliphatic rings. The number of aromatic nitrogens is 4. The van der Waals surface area contributed by atoms with Gasteiger partial charge in [0.1, 0.15) is 11.6 Å². The van der Waals surface area contributed by atoms with Gasteiger partial charge in [0, 0.05) is 31.1 Å².